The van der Waals surface area contributed by atoms with Gasteiger partial charge in [0.25, 0.3) is 0 Å². The molecule has 0 spiro atoms. The highest BCUT2D eigenvalue weighted by Crippen LogP contribution is 2.26. The predicted molar refractivity (Wildman–Crippen MR) is 93.8 cm³/mol. The lowest BCUT2D eigenvalue weighted by molar-refractivity contribution is 0.590. The Morgan fingerprint density at radius 1 is 0.714 bits per heavy atom. The first-order valence-electron chi connectivity index (χ1n) is 8.20. The van der Waals surface area contributed by atoms with Gasteiger partial charge in [0.2, 0.25) is 0 Å². The van der Waals surface area contributed by atoms with Gasteiger partial charge in [0.1, 0.15) is 0 Å². The van der Waals surface area contributed by atoms with Crippen molar-refractivity contribution in [3.63, 3.8) is 0 Å². The van der Waals surface area contributed by atoms with E-state index in [1.807, 2.05) is 0 Å². The molecule has 0 aliphatic heterocycles. The topological polar surface area (TPSA) is 0 Å². The smallest absolute Gasteiger partial charge is 0.0132 e. The second-order valence-corrected chi connectivity index (χ2v) is 6.98. The molecular weight excluding hydrogens is 252 g/mol. The first-order valence-corrected chi connectivity index (χ1v) is 8.20. The van der Waals surface area contributed by atoms with Gasteiger partial charge in [-0.15, -0.1) is 0 Å². The third-order valence-corrected chi connectivity index (χ3v) is 4.11. The summed E-state index contributed by atoms with van der Waals surface area (Å²) < 4.78 is 0. The molecule has 0 N–H and O–H groups in total. The van der Waals surface area contributed by atoms with Crippen molar-refractivity contribution in [2.24, 2.45) is 0 Å². The van der Waals surface area contributed by atoms with Gasteiger partial charge < -0.3 is 0 Å². The number of aryl methyl sites for hydroxylation is 1. The Labute approximate surface area is 130 Å². The highest BCUT2D eigenvalue weighted by Gasteiger charge is 2.12. The van der Waals surface area contributed by atoms with E-state index in [2.05, 4.69) is 76.2 Å². The van der Waals surface area contributed by atoms with Crippen LogP contribution in [0, 0.1) is 0 Å². The third kappa shape index (κ3) is 4.46. The molecule has 0 heteroatoms. The maximum atomic E-state index is 2.28. The molecule has 0 unspecified atom stereocenters. The quantitative estimate of drug-likeness (QED) is 0.557. The Hall–Kier alpha value is -1.56. The fourth-order valence-electron chi connectivity index (χ4n) is 2.61. The zero-order chi connectivity index (χ0) is 15.3. The lowest BCUT2D eigenvalue weighted by Gasteiger charge is -2.19. The van der Waals surface area contributed by atoms with E-state index in [0.717, 1.165) is 0 Å². The van der Waals surface area contributed by atoms with Crippen molar-refractivity contribution in [2.45, 2.75) is 58.8 Å². The molecule has 112 valence electrons. The van der Waals surface area contributed by atoms with Crippen LogP contribution in [-0.4, -0.2) is 0 Å². The predicted octanol–water partition coefficient (Wildman–Crippen LogP) is 6.38. The average Bonchev–Trinajstić information content (AvgIpc) is 2.48. The summed E-state index contributed by atoms with van der Waals surface area (Å²) in [6.07, 6.45) is 5.13. The Bertz CT molecular complexity index is 538. The summed E-state index contributed by atoms with van der Waals surface area (Å²) in [7, 11) is 0. The molecule has 0 aliphatic rings. The molecule has 0 fully saturated rings. The van der Waals surface area contributed by atoms with E-state index in [0.29, 0.717) is 0 Å². The third-order valence-electron chi connectivity index (χ3n) is 4.11. The highest BCUT2D eigenvalue weighted by molar-refractivity contribution is 5.64. The van der Waals surface area contributed by atoms with Gasteiger partial charge in [0.15, 0.2) is 0 Å². The van der Waals surface area contributed by atoms with Gasteiger partial charge in [-0.05, 0) is 40.5 Å². The molecule has 0 atom stereocenters. The van der Waals surface area contributed by atoms with Crippen LogP contribution in [0.4, 0.5) is 0 Å². The van der Waals surface area contributed by atoms with E-state index in [-0.39, 0.29) is 5.41 Å². The molecule has 21 heavy (non-hydrogen) atoms. The molecule has 0 heterocycles. The Balaban J connectivity index is 2.08. The van der Waals surface area contributed by atoms with Crippen LogP contribution in [0.3, 0.4) is 0 Å². The van der Waals surface area contributed by atoms with Crippen molar-refractivity contribution in [3.8, 4) is 11.1 Å². The first-order chi connectivity index (χ1) is 10.0. The zero-order valence-corrected chi connectivity index (χ0v) is 13.9. The highest BCUT2D eigenvalue weighted by atomic mass is 14.2. The lowest BCUT2D eigenvalue weighted by atomic mass is 9.86. The molecule has 0 saturated carbocycles. The minimum Gasteiger partial charge on any atom is -0.0654 e. The van der Waals surface area contributed by atoms with Crippen molar-refractivity contribution < 1.29 is 0 Å². The Kier molecular flexibility index (Phi) is 5.22. The number of hydrogen-bond donors (Lipinski definition) is 0. The molecule has 2 rings (SSSR count). The normalized spacial score (nSPS) is 11.6. The van der Waals surface area contributed by atoms with Crippen LogP contribution < -0.4 is 0 Å². The van der Waals surface area contributed by atoms with Gasteiger partial charge in [0, 0.05) is 0 Å². The fourth-order valence-corrected chi connectivity index (χ4v) is 2.61. The van der Waals surface area contributed by atoms with Crippen LogP contribution in [0.1, 0.15) is 58.1 Å². The number of benzene rings is 2. The number of unbranched alkanes of at least 4 members (excludes halogenated alkanes) is 2. The summed E-state index contributed by atoms with van der Waals surface area (Å²) in [5.74, 6) is 0. The zero-order valence-electron chi connectivity index (χ0n) is 13.9. The van der Waals surface area contributed by atoms with Crippen LogP contribution in [0.15, 0.2) is 48.5 Å². The molecule has 0 aliphatic carbocycles. The van der Waals surface area contributed by atoms with E-state index in [4.69, 9.17) is 0 Å². The van der Waals surface area contributed by atoms with E-state index >= 15 is 0 Å². The summed E-state index contributed by atoms with van der Waals surface area (Å²) in [6, 6.07) is 18.1. The first kappa shape index (κ1) is 15.8. The maximum absolute atomic E-state index is 2.28. The van der Waals surface area contributed by atoms with Crippen molar-refractivity contribution in [1.29, 1.82) is 0 Å². The fraction of sp³-hybridized carbons (Fsp3) is 0.429. The Morgan fingerprint density at radius 3 is 1.71 bits per heavy atom. The molecule has 0 amide bonds. The summed E-state index contributed by atoms with van der Waals surface area (Å²) in [6.45, 7) is 9.03. The molecule has 0 radical (unpaired) electrons. The standard InChI is InChI=1S/C21H28/c1-5-6-7-8-17-9-11-18(12-10-17)19-13-15-20(16-14-19)21(2,3)4/h9-16H,5-8H2,1-4H3. The minimum absolute atomic E-state index is 0.224. The van der Waals surface area contributed by atoms with Crippen LogP contribution in [0.25, 0.3) is 11.1 Å². The summed E-state index contributed by atoms with van der Waals surface area (Å²) in [5, 5.41) is 0. The molecule has 0 nitrogen and oxygen atoms in total. The average molecular weight is 280 g/mol. The molecule has 2 aromatic carbocycles. The number of hydrogen-bond acceptors (Lipinski definition) is 0. The van der Waals surface area contributed by atoms with Crippen LogP contribution in [0.2, 0.25) is 0 Å². The Morgan fingerprint density at radius 2 is 1.24 bits per heavy atom. The minimum atomic E-state index is 0.224. The van der Waals surface area contributed by atoms with Gasteiger partial charge in [-0.3, -0.25) is 0 Å². The maximum Gasteiger partial charge on any atom is -0.0132 e. The second kappa shape index (κ2) is 6.93. The van der Waals surface area contributed by atoms with Gasteiger partial charge in [-0.25, -0.2) is 0 Å². The monoisotopic (exact) mass is 280 g/mol. The SMILES string of the molecule is CCCCCc1ccc(-c2ccc(C(C)(C)C)cc2)cc1. The van der Waals surface area contributed by atoms with Crippen molar-refractivity contribution in [1.82, 2.24) is 0 Å². The summed E-state index contributed by atoms with van der Waals surface area (Å²) >= 11 is 0. The lowest BCUT2D eigenvalue weighted by Crippen LogP contribution is -2.10. The van der Waals surface area contributed by atoms with Crippen LogP contribution in [-0.2, 0) is 11.8 Å². The molecular formula is C21H28. The van der Waals surface area contributed by atoms with E-state index in [1.165, 1.54) is 47.9 Å². The van der Waals surface area contributed by atoms with Crippen molar-refractivity contribution in [2.75, 3.05) is 0 Å². The van der Waals surface area contributed by atoms with Crippen LogP contribution >= 0.6 is 0 Å². The second-order valence-electron chi connectivity index (χ2n) is 6.98. The van der Waals surface area contributed by atoms with Crippen molar-refractivity contribution >= 4 is 0 Å². The van der Waals surface area contributed by atoms with Crippen LogP contribution in [0.5, 0.6) is 0 Å². The molecule has 0 saturated heterocycles. The van der Waals surface area contributed by atoms with Gasteiger partial charge >= 0.3 is 0 Å². The largest absolute Gasteiger partial charge is 0.0654 e. The summed E-state index contributed by atoms with van der Waals surface area (Å²) in [5.41, 5.74) is 5.69. The molecule has 2 aromatic rings. The van der Waals surface area contributed by atoms with E-state index in [9.17, 15) is 0 Å². The van der Waals surface area contributed by atoms with Gasteiger partial charge in [0.05, 0.1) is 0 Å². The molecule has 0 aromatic heterocycles. The molecule has 0 bridgehead atoms. The van der Waals surface area contributed by atoms with E-state index in [1.54, 1.807) is 0 Å². The van der Waals surface area contributed by atoms with Crippen molar-refractivity contribution in [3.05, 3.63) is 59.7 Å². The summed E-state index contributed by atoms with van der Waals surface area (Å²) in [4.78, 5) is 0. The van der Waals surface area contributed by atoms with Gasteiger partial charge in [-0.1, -0.05) is 89.1 Å². The number of rotatable bonds is 5. The van der Waals surface area contributed by atoms with E-state index < -0.39 is 0 Å². The van der Waals surface area contributed by atoms with Gasteiger partial charge in [-0.2, -0.15) is 0 Å².